The van der Waals surface area contributed by atoms with Crippen LogP contribution in [0, 0.1) is 0 Å². The predicted molar refractivity (Wildman–Crippen MR) is 100 cm³/mol. The molecule has 6 heteroatoms. The van der Waals surface area contributed by atoms with Gasteiger partial charge in [-0.1, -0.05) is 12.1 Å². The van der Waals surface area contributed by atoms with Crippen molar-refractivity contribution >= 4 is 23.2 Å². The number of ether oxygens (including phenoxy) is 2. The Balaban J connectivity index is 1.83. The van der Waals surface area contributed by atoms with Crippen LogP contribution in [0.2, 0.25) is 0 Å². The molecule has 138 valence electrons. The highest BCUT2D eigenvalue weighted by molar-refractivity contribution is 7.10. The topological polar surface area (TPSA) is 55.8 Å². The molecule has 1 aromatic heterocycles. The molecule has 0 saturated heterocycles. The normalized spacial score (nSPS) is 16.1. The first-order chi connectivity index (χ1) is 12.6. The number of esters is 1. The van der Waals surface area contributed by atoms with E-state index in [1.165, 1.54) is 10.4 Å². The molecule has 0 radical (unpaired) electrons. The Bertz CT molecular complexity index is 768. The number of carbonyl (C=O) groups is 2. The largest absolute Gasteiger partial charge is 0.497 e. The zero-order valence-electron chi connectivity index (χ0n) is 15.1. The van der Waals surface area contributed by atoms with Crippen molar-refractivity contribution in [3.8, 4) is 5.75 Å². The van der Waals surface area contributed by atoms with E-state index in [0.717, 1.165) is 17.7 Å². The highest BCUT2D eigenvalue weighted by Gasteiger charge is 2.32. The lowest BCUT2D eigenvalue weighted by Gasteiger charge is -2.36. The maximum absolute atomic E-state index is 12.8. The average molecular weight is 373 g/mol. The first kappa shape index (κ1) is 18.5. The molecular formula is C20H23NO4S. The van der Waals surface area contributed by atoms with E-state index in [4.69, 9.17) is 9.47 Å². The van der Waals surface area contributed by atoms with Gasteiger partial charge >= 0.3 is 5.97 Å². The quantitative estimate of drug-likeness (QED) is 0.727. The molecule has 0 spiro atoms. The Hall–Kier alpha value is -2.34. The van der Waals surface area contributed by atoms with E-state index in [-0.39, 0.29) is 30.8 Å². The highest BCUT2D eigenvalue weighted by atomic mass is 32.1. The number of rotatable bonds is 6. The zero-order valence-corrected chi connectivity index (χ0v) is 15.9. The Morgan fingerprint density at radius 1 is 1.19 bits per heavy atom. The van der Waals surface area contributed by atoms with Crippen LogP contribution in [0.25, 0.3) is 0 Å². The van der Waals surface area contributed by atoms with Gasteiger partial charge < -0.3 is 14.4 Å². The Morgan fingerprint density at radius 2 is 1.96 bits per heavy atom. The van der Waals surface area contributed by atoms with Crippen molar-refractivity contribution in [3.05, 3.63) is 51.7 Å². The number of carbonyl (C=O) groups excluding carboxylic acids is 2. The van der Waals surface area contributed by atoms with Crippen molar-refractivity contribution in [2.45, 2.75) is 32.2 Å². The molecule has 0 bridgehead atoms. The van der Waals surface area contributed by atoms with E-state index in [9.17, 15) is 9.59 Å². The lowest BCUT2D eigenvalue weighted by Crippen LogP contribution is -2.40. The summed E-state index contributed by atoms with van der Waals surface area (Å²) in [7, 11) is 1.64. The fourth-order valence-corrected chi connectivity index (χ4v) is 4.22. The minimum atomic E-state index is -0.324. The molecule has 1 amide bonds. The second-order valence-electron chi connectivity index (χ2n) is 6.12. The molecule has 3 rings (SSSR count). The van der Waals surface area contributed by atoms with Gasteiger partial charge in [-0.2, -0.15) is 0 Å². The molecule has 26 heavy (non-hydrogen) atoms. The average Bonchev–Trinajstić information content (AvgIpc) is 3.14. The van der Waals surface area contributed by atoms with Gasteiger partial charge in [0.25, 0.3) is 0 Å². The van der Waals surface area contributed by atoms with Crippen molar-refractivity contribution in [3.63, 3.8) is 0 Å². The van der Waals surface area contributed by atoms with Gasteiger partial charge in [0.05, 0.1) is 26.2 Å². The number of fused-ring (bicyclic) bond motifs is 1. The minimum Gasteiger partial charge on any atom is -0.497 e. The summed E-state index contributed by atoms with van der Waals surface area (Å²) in [6, 6.07) is 9.81. The molecule has 0 fully saturated rings. The number of benzene rings is 1. The number of hydrogen-bond donors (Lipinski definition) is 0. The lowest BCUT2D eigenvalue weighted by molar-refractivity contribution is -0.146. The summed E-state index contributed by atoms with van der Waals surface area (Å²) in [5.74, 6) is 0.445. The summed E-state index contributed by atoms with van der Waals surface area (Å²) in [5.41, 5.74) is 2.23. The Labute approximate surface area is 157 Å². The number of amides is 1. The summed E-state index contributed by atoms with van der Waals surface area (Å²) in [6.07, 6.45) is 1.14. The van der Waals surface area contributed by atoms with Gasteiger partial charge in [0.15, 0.2) is 0 Å². The van der Waals surface area contributed by atoms with Crippen molar-refractivity contribution in [2.24, 2.45) is 0 Å². The van der Waals surface area contributed by atoms with E-state index >= 15 is 0 Å². The monoisotopic (exact) mass is 373 g/mol. The molecule has 0 unspecified atom stereocenters. The zero-order chi connectivity index (χ0) is 18.5. The van der Waals surface area contributed by atoms with Gasteiger partial charge in [0.2, 0.25) is 5.91 Å². The molecule has 2 heterocycles. The third-order valence-corrected chi connectivity index (χ3v) is 5.56. The van der Waals surface area contributed by atoms with Crippen LogP contribution < -0.4 is 4.74 Å². The first-order valence-electron chi connectivity index (χ1n) is 8.79. The maximum Gasteiger partial charge on any atom is 0.306 e. The van der Waals surface area contributed by atoms with Crippen LogP contribution in [-0.2, 0) is 20.7 Å². The summed E-state index contributed by atoms with van der Waals surface area (Å²) in [5, 5.41) is 2.08. The van der Waals surface area contributed by atoms with Crippen LogP contribution in [0.15, 0.2) is 35.7 Å². The van der Waals surface area contributed by atoms with Crippen molar-refractivity contribution in [1.29, 1.82) is 0 Å². The van der Waals surface area contributed by atoms with Gasteiger partial charge in [0, 0.05) is 17.8 Å². The van der Waals surface area contributed by atoms with Gasteiger partial charge in [-0.05, 0) is 48.1 Å². The van der Waals surface area contributed by atoms with Gasteiger partial charge in [-0.25, -0.2) is 0 Å². The van der Waals surface area contributed by atoms with Crippen molar-refractivity contribution < 1.29 is 19.1 Å². The third-order valence-electron chi connectivity index (χ3n) is 4.57. The molecule has 0 saturated carbocycles. The molecule has 2 aromatic rings. The van der Waals surface area contributed by atoms with Crippen LogP contribution in [0.4, 0.5) is 0 Å². The van der Waals surface area contributed by atoms with Gasteiger partial charge in [0.1, 0.15) is 5.75 Å². The molecule has 1 atom stereocenters. The summed E-state index contributed by atoms with van der Waals surface area (Å²) in [4.78, 5) is 27.7. The summed E-state index contributed by atoms with van der Waals surface area (Å²) < 4.78 is 10.2. The molecule has 5 nitrogen and oxygen atoms in total. The fraction of sp³-hybridized carbons (Fsp3) is 0.400. The van der Waals surface area contributed by atoms with Crippen molar-refractivity contribution in [2.75, 3.05) is 20.3 Å². The first-order valence-corrected chi connectivity index (χ1v) is 9.67. The minimum absolute atomic E-state index is 0.0179. The highest BCUT2D eigenvalue weighted by Crippen LogP contribution is 2.38. The van der Waals surface area contributed by atoms with Gasteiger partial charge in [-0.15, -0.1) is 11.3 Å². The number of thiophene rings is 1. The lowest BCUT2D eigenvalue weighted by atomic mass is 9.93. The predicted octanol–water partition coefficient (Wildman–Crippen LogP) is 3.57. The standard InChI is InChI=1S/C20H23NO4S/c1-3-25-19(23)9-8-18(22)21-12-10-17-16(11-13-26-17)20(21)14-4-6-15(24-2)7-5-14/h4-7,11,13,20H,3,8-10,12H2,1-2H3/t20-/m0/s1. The maximum atomic E-state index is 12.8. The second kappa shape index (κ2) is 8.36. The smallest absolute Gasteiger partial charge is 0.306 e. The number of nitrogens with zero attached hydrogens (tertiary/aromatic N) is 1. The van der Waals surface area contributed by atoms with Crippen LogP contribution in [0.5, 0.6) is 5.75 Å². The van der Waals surface area contributed by atoms with Crippen molar-refractivity contribution in [1.82, 2.24) is 4.90 Å². The summed E-state index contributed by atoms with van der Waals surface area (Å²) in [6.45, 7) is 2.76. The van der Waals surface area contributed by atoms with E-state index in [2.05, 4.69) is 11.4 Å². The number of hydrogen-bond acceptors (Lipinski definition) is 5. The fourth-order valence-electron chi connectivity index (χ4n) is 3.32. The molecule has 1 aromatic carbocycles. The molecule has 1 aliphatic heterocycles. The Morgan fingerprint density at radius 3 is 2.65 bits per heavy atom. The van der Waals surface area contributed by atoms with Crippen LogP contribution >= 0.6 is 11.3 Å². The van der Waals surface area contributed by atoms with E-state index < -0.39 is 0 Å². The van der Waals surface area contributed by atoms with Crippen LogP contribution in [0.3, 0.4) is 0 Å². The molecule has 0 aliphatic carbocycles. The van der Waals surface area contributed by atoms with E-state index in [1.807, 2.05) is 29.2 Å². The summed E-state index contributed by atoms with van der Waals surface area (Å²) >= 11 is 1.73. The third kappa shape index (κ3) is 3.90. The van der Waals surface area contributed by atoms with E-state index in [1.54, 1.807) is 25.4 Å². The Kier molecular flexibility index (Phi) is 5.93. The second-order valence-corrected chi connectivity index (χ2v) is 7.12. The molecule has 1 aliphatic rings. The van der Waals surface area contributed by atoms with Gasteiger partial charge in [-0.3, -0.25) is 9.59 Å². The molecular weight excluding hydrogens is 350 g/mol. The van der Waals surface area contributed by atoms with E-state index in [0.29, 0.717) is 13.2 Å². The van der Waals surface area contributed by atoms with Crippen LogP contribution in [0.1, 0.15) is 41.8 Å². The van der Waals surface area contributed by atoms with Crippen LogP contribution in [-0.4, -0.2) is 37.0 Å². The molecule has 0 N–H and O–H groups in total. The number of methoxy groups -OCH3 is 1. The SMILES string of the molecule is CCOC(=O)CCC(=O)N1CCc2sccc2[C@@H]1c1ccc(OC)cc1.